The van der Waals surface area contributed by atoms with E-state index in [1.54, 1.807) is 11.1 Å². The minimum Gasteiger partial charge on any atom is -0.396 e. The van der Waals surface area contributed by atoms with Gasteiger partial charge in [0, 0.05) is 6.61 Å². The first-order valence-corrected chi connectivity index (χ1v) is 8.92. The standard InChI is InChI=1S/C20H32O/c1-14(2)15-6-8-17-16(12-15)7-9-18-19(3,13-21)10-5-11-20(17,18)4/h6,12,14,17-18,21H,5,7-11,13H2,1-4H3/t17-,18?,19-,20+/m0/s1. The third kappa shape index (κ3) is 2.32. The van der Waals surface area contributed by atoms with Crippen molar-refractivity contribution >= 4 is 0 Å². The number of allylic oxidation sites excluding steroid dienone is 4. The molecular weight excluding hydrogens is 256 g/mol. The molecule has 0 spiro atoms. The van der Waals surface area contributed by atoms with Crippen LogP contribution in [0.1, 0.15) is 66.2 Å². The molecule has 2 saturated carbocycles. The van der Waals surface area contributed by atoms with E-state index in [1.807, 2.05) is 0 Å². The number of hydrogen-bond acceptors (Lipinski definition) is 1. The molecule has 0 aromatic rings. The van der Waals surface area contributed by atoms with Crippen LogP contribution >= 0.6 is 0 Å². The molecule has 21 heavy (non-hydrogen) atoms. The molecule has 1 nitrogen and oxygen atoms in total. The largest absolute Gasteiger partial charge is 0.396 e. The normalized spacial score (nSPS) is 43.0. The molecule has 0 aliphatic heterocycles. The predicted molar refractivity (Wildman–Crippen MR) is 89.0 cm³/mol. The van der Waals surface area contributed by atoms with Crippen molar-refractivity contribution in [2.75, 3.05) is 6.61 Å². The zero-order chi connectivity index (χ0) is 15.3. The van der Waals surface area contributed by atoms with Crippen LogP contribution in [0.25, 0.3) is 0 Å². The maximum Gasteiger partial charge on any atom is 0.0487 e. The van der Waals surface area contributed by atoms with Crippen LogP contribution < -0.4 is 0 Å². The van der Waals surface area contributed by atoms with Crippen LogP contribution in [0.4, 0.5) is 0 Å². The molecule has 3 aliphatic carbocycles. The molecule has 0 radical (unpaired) electrons. The predicted octanol–water partition coefficient (Wildman–Crippen LogP) is 5.11. The lowest BCUT2D eigenvalue weighted by molar-refractivity contribution is -0.0843. The van der Waals surface area contributed by atoms with E-state index in [-0.39, 0.29) is 5.41 Å². The summed E-state index contributed by atoms with van der Waals surface area (Å²) in [7, 11) is 0. The van der Waals surface area contributed by atoms with Gasteiger partial charge in [0.1, 0.15) is 0 Å². The summed E-state index contributed by atoms with van der Waals surface area (Å²) in [5.41, 5.74) is 3.81. The Balaban J connectivity index is 1.92. The zero-order valence-electron chi connectivity index (χ0n) is 14.3. The van der Waals surface area contributed by atoms with Crippen LogP contribution in [0.15, 0.2) is 23.3 Å². The molecule has 2 fully saturated rings. The maximum absolute atomic E-state index is 9.99. The lowest BCUT2D eigenvalue weighted by Gasteiger charge is -2.59. The fourth-order valence-corrected chi connectivity index (χ4v) is 5.73. The van der Waals surface area contributed by atoms with Crippen molar-refractivity contribution in [3.8, 4) is 0 Å². The third-order valence-corrected chi connectivity index (χ3v) is 7.04. The summed E-state index contributed by atoms with van der Waals surface area (Å²) in [6.07, 6.45) is 12.6. The minimum absolute atomic E-state index is 0.153. The summed E-state index contributed by atoms with van der Waals surface area (Å²) in [5.74, 6) is 2.07. The molecule has 0 bridgehead atoms. The Morgan fingerprint density at radius 2 is 2.05 bits per heavy atom. The van der Waals surface area contributed by atoms with Gasteiger partial charge in [0.15, 0.2) is 0 Å². The fraction of sp³-hybridized carbons (Fsp3) is 0.800. The number of hydrogen-bond donors (Lipinski definition) is 1. The molecule has 3 rings (SSSR count). The quantitative estimate of drug-likeness (QED) is 0.748. The van der Waals surface area contributed by atoms with E-state index < -0.39 is 0 Å². The van der Waals surface area contributed by atoms with Gasteiger partial charge in [-0.2, -0.15) is 0 Å². The van der Waals surface area contributed by atoms with Gasteiger partial charge in [0.25, 0.3) is 0 Å². The molecule has 1 N–H and O–H groups in total. The van der Waals surface area contributed by atoms with Gasteiger partial charge in [0.2, 0.25) is 0 Å². The summed E-state index contributed by atoms with van der Waals surface area (Å²) in [6, 6.07) is 0. The van der Waals surface area contributed by atoms with Crippen molar-refractivity contribution in [2.24, 2.45) is 28.6 Å². The van der Waals surface area contributed by atoms with Crippen LogP contribution in [0.3, 0.4) is 0 Å². The van der Waals surface area contributed by atoms with Gasteiger partial charge in [-0.05, 0) is 66.3 Å². The van der Waals surface area contributed by atoms with Gasteiger partial charge in [0.05, 0.1) is 0 Å². The highest BCUT2D eigenvalue weighted by Gasteiger charge is 2.54. The highest BCUT2D eigenvalue weighted by Crippen LogP contribution is 2.62. The van der Waals surface area contributed by atoms with Crippen molar-refractivity contribution in [1.82, 2.24) is 0 Å². The number of aliphatic hydroxyl groups excluding tert-OH is 1. The average Bonchev–Trinajstić information content (AvgIpc) is 2.46. The first kappa shape index (κ1) is 15.3. The van der Waals surface area contributed by atoms with Gasteiger partial charge in [-0.15, -0.1) is 0 Å². The minimum atomic E-state index is 0.153. The van der Waals surface area contributed by atoms with Crippen LogP contribution in [-0.4, -0.2) is 11.7 Å². The van der Waals surface area contributed by atoms with Crippen molar-refractivity contribution in [1.29, 1.82) is 0 Å². The Kier molecular flexibility index (Phi) is 3.84. The summed E-state index contributed by atoms with van der Waals surface area (Å²) >= 11 is 0. The number of rotatable bonds is 2. The van der Waals surface area contributed by atoms with E-state index in [0.717, 1.165) is 5.92 Å². The smallest absolute Gasteiger partial charge is 0.0487 e. The molecule has 3 aliphatic rings. The van der Waals surface area contributed by atoms with E-state index >= 15 is 0 Å². The highest BCUT2D eigenvalue weighted by atomic mass is 16.3. The van der Waals surface area contributed by atoms with Gasteiger partial charge < -0.3 is 5.11 Å². The third-order valence-electron chi connectivity index (χ3n) is 7.04. The van der Waals surface area contributed by atoms with Crippen LogP contribution in [-0.2, 0) is 0 Å². The fourth-order valence-electron chi connectivity index (χ4n) is 5.73. The molecule has 0 heterocycles. The van der Waals surface area contributed by atoms with E-state index in [2.05, 4.69) is 39.8 Å². The molecule has 0 saturated heterocycles. The first-order chi connectivity index (χ1) is 9.90. The highest BCUT2D eigenvalue weighted by molar-refractivity contribution is 5.34. The summed E-state index contributed by atoms with van der Waals surface area (Å²) in [5, 5.41) is 9.99. The van der Waals surface area contributed by atoms with Crippen molar-refractivity contribution < 1.29 is 5.11 Å². The van der Waals surface area contributed by atoms with Crippen molar-refractivity contribution in [3.05, 3.63) is 23.3 Å². The second-order valence-corrected chi connectivity index (χ2v) is 8.63. The summed E-state index contributed by atoms with van der Waals surface area (Å²) in [4.78, 5) is 0. The van der Waals surface area contributed by atoms with E-state index in [1.165, 1.54) is 38.5 Å². The van der Waals surface area contributed by atoms with Crippen LogP contribution in [0.2, 0.25) is 0 Å². The Labute approximate surface area is 130 Å². The zero-order valence-corrected chi connectivity index (χ0v) is 14.3. The topological polar surface area (TPSA) is 20.2 Å². The monoisotopic (exact) mass is 288 g/mol. The second-order valence-electron chi connectivity index (χ2n) is 8.63. The second kappa shape index (κ2) is 5.26. The molecule has 118 valence electrons. The average molecular weight is 288 g/mol. The maximum atomic E-state index is 9.99. The van der Waals surface area contributed by atoms with Crippen LogP contribution in [0.5, 0.6) is 0 Å². The van der Waals surface area contributed by atoms with E-state index in [4.69, 9.17) is 0 Å². The molecular formula is C20H32O. The van der Waals surface area contributed by atoms with E-state index in [9.17, 15) is 5.11 Å². The molecule has 0 amide bonds. The lowest BCUT2D eigenvalue weighted by Crippen LogP contribution is -2.52. The Morgan fingerprint density at radius 1 is 1.29 bits per heavy atom. The Hall–Kier alpha value is -0.560. The Morgan fingerprint density at radius 3 is 2.71 bits per heavy atom. The molecule has 1 heteroatoms. The molecule has 4 atom stereocenters. The lowest BCUT2D eigenvalue weighted by atomic mass is 9.46. The van der Waals surface area contributed by atoms with E-state index in [0.29, 0.717) is 23.9 Å². The number of aliphatic hydroxyl groups is 1. The Bertz CT molecular complexity index is 472. The molecule has 0 aromatic carbocycles. The summed E-state index contributed by atoms with van der Waals surface area (Å²) in [6.45, 7) is 9.84. The SMILES string of the molecule is CC(C)C1=CC[C@H]2C(=C1)CCC1[C@](C)(CO)CCC[C@@]12C. The first-order valence-electron chi connectivity index (χ1n) is 8.92. The number of fused-ring (bicyclic) bond motifs is 3. The van der Waals surface area contributed by atoms with Gasteiger partial charge >= 0.3 is 0 Å². The van der Waals surface area contributed by atoms with Gasteiger partial charge in [-0.3, -0.25) is 0 Å². The molecule has 0 aromatic heterocycles. The summed E-state index contributed by atoms with van der Waals surface area (Å²) < 4.78 is 0. The van der Waals surface area contributed by atoms with Gasteiger partial charge in [-0.25, -0.2) is 0 Å². The van der Waals surface area contributed by atoms with Gasteiger partial charge in [-0.1, -0.05) is 51.8 Å². The van der Waals surface area contributed by atoms with Crippen LogP contribution in [0, 0.1) is 28.6 Å². The molecule has 1 unspecified atom stereocenters. The van der Waals surface area contributed by atoms with Crippen molar-refractivity contribution in [3.63, 3.8) is 0 Å². The van der Waals surface area contributed by atoms with Crippen molar-refractivity contribution in [2.45, 2.75) is 66.2 Å².